The molecule has 3 rings (SSSR count). The molecule has 0 unspecified atom stereocenters. The van der Waals surface area contributed by atoms with Gasteiger partial charge in [-0.05, 0) is 41.5 Å². The second kappa shape index (κ2) is 9.02. The SMILES string of the molecule is c1ccc2cc(CC3CCOCCOCCOCC3)ccc2c1. The van der Waals surface area contributed by atoms with Gasteiger partial charge in [0.25, 0.3) is 0 Å². The predicted molar refractivity (Wildman–Crippen MR) is 92.8 cm³/mol. The largest absolute Gasteiger partial charge is 0.379 e. The van der Waals surface area contributed by atoms with Crippen molar-refractivity contribution < 1.29 is 14.2 Å². The zero-order valence-corrected chi connectivity index (χ0v) is 13.7. The van der Waals surface area contributed by atoms with Crippen molar-refractivity contribution in [1.82, 2.24) is 0 Å². The molecule has 1 aliphatic heterocycles. The Morgan fingerprint density at radius 2 is 1.30 bits per heavy atom. The third-order valence-electron chi connectivity index (χ3n) is 4.42. The van der Waals surface area contributed by atoms with Crippen LogP contribution >= 0.6 is 0 Å². The zero-order chi connectivity index (χ0) is 15.7. The highest BCUT2D eigenvalue weighted by Gasteiger charge is 2.11. The molecule has 0 radical (unpaired) electrons. The molecule has 124 valence electrons. The third-order valence-corrected chi connectivity index (χ3v) is 4.42. The highest BCUT2D eigenvalue weighted by Crippen LogP contribution is 2.21. The second-order valence-corrected chi connectivity index (χ2v) is 6.17. The van der Waals surface area contributed by atoms with Crippen molar-refractivity contribution in [3.8, 4) is 0 Å². The fourth-order valence-electron chi connectivity index (χ4n) is 3.09. The van der Waals surface area contributed by atoms with E-state index >= 15 is 0 Å². The molecule has 3 heteroatoms. The Morgan fingerprint density at radius 3 is 2.00 bits per heavy atom. The summed E-state index contributed by atoms with van der Waals surface area (Å²) in [6.07, 6.45) is 3.25. The Bertz CT molecular complexity index is 584. The van der Waals surface area contributed by atoms with Crippen LogP contribution in [0, 0.1) is 5.92 Å². The molecular formula is C20H26O3. The molecule has 0 N–H and O–H groups in total. The maximum absolute atomic E-state index is 5.68. The van der Waals surface area contributed by atoms with E-state index in [2.05, 4.69) is 42.5 Å². The van der Waals surface area contributed by atoms with Crippen LogP contribution in [0.3, 0.4) is 0 Å². The van der Waals surface area contributed by atoms with E-state index in [-0.39, 0.29) is 0 Å². The van der Waals surface area contributed by atoms with Crippen molar-refractivity contribution in [2.45, 2.75) is 19.3 Å². The molecule has 1 aliphatic rings. The highest BCUT2D eigenvalue weighted by molar-refractivity contribution is 5.82. The van der Waals surface area contributed by atoms with E-state index in [9.17, 15) is 0 Å². The Morgan fingerprint density at radius 1 is 0.696 bits per heavy atom. The van der Waals surface area contributed by atoms with Gasteiger partial charge in [-0.25, -0.2) is 0 Å². The summed E-state index contributed by atoms with van der Waals surface area (Å²) in [4.78, 5) is 0. The van der Waals surface area contributed by atoms with Crippen LogP contribution in [0.1, 0.15) is 18.4 Å². The van der Waals surface area contributed by atoms with Crippen molar-refractivity contribution in [2.75, 3.05) is 39.6 Å². The summed E-state index contributed by atoms with van der Waals surface area (Å²) in [7, 11) is 0. The molecule has 0 atom stereocenters. The van der Waals surface area contributed by atoms with Crippen LogP contribution in [0.15, 0.2) is 42.5 Å². The standard InChI is InChI=1S/C20H26O3/c1-2-4-20-16-18(5-6-19(20)3-1)15-17-7-9-21-11-13-23-14-12-22-10-8-17/h1-6,16-17H,7-15H2. The van der Waals surface area contributed by atoms with Crippen molar-refractivity contribution in [3.63, 3.8) is 0 Å². The van der Waals surface area contributed by atoms with Crippen LogP contribution in [-0.2, 0) is 20.6 Å². The minimum Gasteiger partial charge on any atom is -0.379 e. The second-order valence-electron chi connectivity index (χ2n) is 6.17. The fourth-order valence-corrected chi connectivity index (χ4v) is 3.09. The number of ether oxygens (including phenoxy) is 3. The molecule has 3 nitrogen and oxygen atoms in total. The van der Waals surface area contributed by atoms with E-state index in [1.54, 1.807) is 0 Å². The first kappa shape index (κ1) is 16.4. The van der Waals surface area contributed by atoms with Gasteiger partial charge in [-0.2, -0.15) is 0 Å². The highest BCUT2D eigenvalue weighted by atomic mass is 16.5. The van der Waals surface area contributed by atoms with E-state index in [1.807, 2.05) is 0 Å². The van der Waals surface area contributed by atoms with Crippen molar-refractivity contribution in [3.05, 3.63) is 48.0 Å². The van der Waals surface area contributed by atoms with Gasteiger partial charge in [0.05, 0.1) is 26.4 Å². The molecule has 0 bridgehead atoms. The molecule has 0 amide bonds. The monoisotopic (exact) mass is 314 g/mol. The number of hydrogen-bond acceptors (Lipinski definition) is 3. The molecule has 1 saturated heterocycles. The Kier molecular flexibility index (Phi) is 6.44. The summed E-state index contributed by atoms with van der Waals surface area (Å²) in [6, 6.07) is 15.4. The lowest BCUT2D eigenvalue weighted by Crippen LogP contribution is -2.17. The first-order chi connectivity index (χ1) is 11.4. The summed E-state index contributed by atoms with van der Waals surface area (Å²) in [5.41, 5.74) is 1.41. The van der Waals surface area contributed by atoms with Gasteiger partial charge in [-0.1, -0.05) is 42.5 Å². The Balaban J connectivity index is 1.61. The predicted octanol–water partition coefficient (Wildman–Crippen LogP) is 3.84. The number of hydrogen-bond donors (Lipinski definition) is 0. The number of benzene rings is 2. The molecule has 23 heavy (non-hydrogen) atoms. The minimum atomic E-state index is 0.608. The maximum Gasteiger partial charge on any atom is 0.0701 e. The molecule has 0 spiro atoms. The van der Waals surface area contributed by atoms with Crippen LogP contribution in [-0.4, -0.2) is 39.6 Å². The smallest absolute Gasteiger partial charge is 0.0701 e. The maximum atomic E-state index is 5.68. The van der Waals surface area contributed by atoms with E-state index in [0.717, 1.165) is 32.5 Å². The summed E-state index contributed by atoms with van der Waals surface area (Å²) in [6.45, 7) is 4.31. The molecule has 0 aromatic heterocycles. The van der Waals surface area contributed by atoms with Crippen LogP contribution in [0.5, 0.6) is 0 Å². The first-order valence-corrected chi connectivity index (χ1v) is 8.63. The summed E-state index contributed by atoms with van der Waals surface area (Å²) < 4.78 is 16.8. The van der Waals surface area contributed by atoms with Gasteiger partial charge >= 0.3 is 0 Å². The summed E-state index contributed by atoms with van der Waals surface area (Å²) in [5, 5.41) is 2.63. The third kappa shape index (κ3) is 5.31. The van der Waals surface area contributed by atoms with E-state index in [1.165, 1.54) is 16.3 Å². The summed E-state index contributed by atoms with van der Waals surface area (Å²) >= 11 is 0. The van der Waals surface area contributed by atoms with E-state index in [0.29, 0.717) is 32.3 Å². The molecule has 0 aliphatic carbocycles. The van der Waals surface area contributed by atoms with Gasteiger partial charge in [0.15, 0.2) is 0 Å². The Labute approximate surface area is 138 Å². The molecule has 2 aromatic carbocycles. The molecule has 0 saturated carbocycles. The van der Waals surface area contributed by atoms with Crippen molar-refractivity contribution in [2.24, 2.45) is 5.92 Å². The summed E-state index contributed by atoms with van der Waals surface area (Å²) in [5.74, 6) is 0.608. The lowest BCUT2D eigenvalue weighted by molar-refractivity contribution is 0.000699. The van der Waals surface area contributed by atoms with Gasteiger partial charge in [-0.15, -0.1) is 0 Å². The average molecular weight is 314 g/mol. The lowest BCUT2D eigenvalue weighted by atomic mass is 9.92. The molecular weight excluding hydrogens is 288 g/mol. The topological polar surface area (TPSA) is 27.7 Å². The fraction of sp³-hybridized carbons (Fsp3) is 0.500. The van der Waals surface area contributed by atoms with Gasteiger partial charge in [0.1, 0.15) is 0 Å². The van der Waals surface area contributed by atoms with Gasteiger partial charge in [-0.3, -0.25) is 0 Å². The van der Waals surface area contributed by atoms with Crippen molar-refractivity contribution in [1.29, 1.82) is 0 Å². The van der Waals surface area contributed by atoms with Gasteiger partial charge in [0, 0.05) is 13.2 Å². The van der Waals surface area contributed by atoms with Crippen LogP contribution in [0.4, 0.5) is 0 Å². The lowest BCUT2D eigenvalue weighted by Gasteiger charge is -2.19. The minimum absolute atomic E-state index is 0.608. The van der Waals surface area contributed by atoms with Crippen LogP contribution in [0.25, 0.3) is 10.8 Å². The van der Waals surface area contributed by atoms with Crippen molar-refractivity contribution >= 4 is 10.8 Å². The molecule has 1 fully saturated rings. The molecule has 2 aromatic rings. The normalized spacial score (nSPS) is 19.1. The van der Waals surface area contributed by atoms with Gasteiger partial charge < -0.3 is 14.2 Å². The Hall–Kier alpha value is -1.42. The van der Waals surface area contributed by atoms with E-state index < -0.39 is 0 Å². The average Bonchev–Trinajstić information content (AvgIpc) is 2.57. The zero-order valence-electron chi connectivity index (χ0n) is 13.7. The van der Waals surface area contributed by atoms with Gasteiger partial charge in [0.2, 0.25) is 0 Å². The van der Waals surface area contributed by atoms with Crippen LogP contribution in [0.2, 0.25) is 0 Å². The molecule has 1 heterocycles. The van der Waals surface area contributed by atoms with E-state index in [4.69, 9.17) is 14.2 Å². The number of fused-ring (bicyclic) bond motifs is 1. The quantitative estimate of drug-likeness (QED) is 0.843. The first-order valence-electron chi connectivity index (χ1n) is 8.63. The van der Waals surface area contributed by atoms with Crippen LogP contribution < -0.4 is 0 Å². The number of rotatable bonds is 2.